The van der Waals surface area contributed by atoms with Crippen molar-refractivity contribution in [2.45, 2.75) is 19.3 Å². The van der Waals surface area contributed by atoms with Crippen molar-refractivity contribution in [1.82, 2.24) is 10.2 Å². The quantitative estimate of drug-likeness (QED) is 0.811. The SMILES string of the molecule is O=C(NCCc1cccc(Cl)c1)C1CCCN(C(=O)c2ccc(Cl)cc2)C1. The smallest absolute Gasteiger partial charge is 0.253 e. The van der Waals surface area contributed by atoms with E-state index in [2.05, 4.69) is 5.32 Å². The third-order valence-corrected chi connectivity index (χ3v) is 5.26. The fourth-order valence-electron chi connectivity index (χ4n) is 3.32. The van der Waals surface area contributed by atoms with Gasteiger partial charge < -0.3 is 10.2 Å². The number of likely N-dealkylation sites (tertiary alicyclic amines) is 1. The molecule has 1 unspecified atom stereocenters. The molecular weight excluding hydrogens is 383 g/mol. The highest BCUT2D eigenvalue weighted by Gasteiger charge is 2.28. The minimum atomic E-state index is -0.172. The van der Waals surface area contributed by atoms with E-state index in [0.29, 0.717) is 35.2 Å². The number of hydrogen-bond acceptors (Lipinski definition) is 2. The maximum atomic E-state index is 12.6. The summed E-state index contributed by atoms with van der Waals surface area (Å²) in [4.78, 5) is 26.9. The highest BCUT2D eigenvalue weighted by molar-refractivity contribution is 6.30. The molecule has 0 spiro atoms. The molecule has 1 heterocycles. The van der Waals surface area contributed by atoms with Crippen LogP contribution in [0.5, 0.6) is 0 Å². The number of halogens is 2. The maximum Gasteiger partial charge on any atom is 0.253 e. The highest BCUT2D eigenvalue weighted by Crippen LogP contribution is 2.20. The van der Waals surface area contributed by atoms with Crippen LogP contribution in [0.25, 0.3) is 0 Å². The first-order valence-electron chi connectivity index (χ1n) is 9.10. The molecule has 2 aromatic carbocycles. The zero-order valence-electron chi connectivity index (χ0n) is 15.0. The normalized spacial score (nSPS) is 16.8. The summed E-state index contributed by atoms with van der Waals surface area (Å²) in [6, 6.07) is 14.5. The molecule has 3 rings (SSSR count). The summed E-state index contributed by atoms with van der Waals surface area (Å²) in [6.07, 6.45) is 2.35. The summed E-state index contributed by atoms with van der Waals surface area (Å²) >= 11 is 11.9. The van der Waals surface area contributed by atoms with Crippen molar-refractivity contribution >= 4 is 35.0 Å². The van der Waals surface area contributed by atoms with Gasteiger partial charge in [0.05, 0.1) is 5.92 Å². The van der Waals surface area contributed by atoms with E-state index in [9.17, 15) is 9.59 Å². The lowest BCUT2D eigenvalue weighted by atomic mass is 9.96. The van der Waals surface area contributed by atoms with Gasteiger partial charge in [0.25, 0.3) is 5.91 Å². The van der Waals surface area contributed by atoms with Crippen LogP contribution in [0.3, 0.4) is 0 Å². The van der Waals surface area contributed by atoms with Crippen molar-refractivity contribution in [2.75, 3.05) is 19.6 Å². The zero-order valence-corrected chi connectivity index (χ0v) is 16.5. The largest absolute Gasteiger partial charge is 0.355 e. The van der Waals surface area contributed by atoms with E-state index in [0.717, 1.165) is 24.8 Å². The molecular formula is C21H22Cl2N2O2. The molecule has 0 aliphatic carbocycles. The predicted molar refractivity (Wildman–Crippen MR) is 108 cm³/mol. The van der Waals surface area contributed by atoms with Crippen molar-refractivity contribution in [1.29, 1.82) is 0 Å². The van der Waals surface area contributed by atoms with Gasteiger partial charge >= 0.3 is 0 Å². The van der Waals surface area contributed by atoms with Crippen molar-refractivity contribution in [3.63, 3.8) is 0 Å². The Bertz CT molecular complexity index is 808. The Morgan fingerprint density at radius 2 is 1.85 bits per heavy atom. The molecule has 1 fully saturated rings. The van der Waals surface area contributed by atoms with Crippen LogP contribution in [0.2, 0.25) is 10.0 Å². The molecule has 0 bridgehead atoms. The number of piperidine rings is 1. The molecule has 0 saturated carbocycles. The molecule has 0 radical (unpaired) electrons. The van der Waals surface area contributed by atoms with Gasteiger partial charge in [-0.1, -0.05) is 35.3 Å². The summed E-state index contributed by atoms with van der Waals surface area (Å²) in [7, 11) is 0. The van der Waals surface area contributed by atoms with Crippen LogP contribution in [0.4, 0.5) is 0 Å². The van der Waals surface area contributed by atoms with Gasteiger partial charge in [-0.2, -0.15) is 0 Å². The van der Waals surface area contributed by atoms with E-state index >= 15 is 0 Å². The molecule has 2 amide bonds. The summed E-state index contributed by atoms with van der Waals surface area (Å²) in [5.74, 6) is -0.219. The number of carbonyl (C=O) groups excluding carboxylic acids is 2. The molecule has 1 aliphatic rings. The second kappa shape index (κ2) is 9.25. The van der Waals surface area contributed by atoms with E-state index in [4.69, 9.17) is 23.2 Å². The minimum Gasteiger partial charge on any atom is -0.355 e. The number of nitrogens with zero attached hydrogens (tertiary/aromatic N) is 1. The molecule has 27 heavy (non-hydrogen) atoms. The van der Waals surface area contributed by atoms with Gasteiger partial charge in [0.15, 0.2) is 0 Å². The van der Waals surface area contributed by atoms with Crippen LogP contribution in [0, 0.1) is 5.92 Å². The van der Waals surface area contributed by atoms with Crippen molar-refractivity contribution in [3.8, 4) is 0 Å². The average molecular weight is 405 g/mol. The Morgan fingerprint density at radius 3 is 2.59 bits per heavy atom. The third kappa shape index (κ3) is 5.47. The topological polar surface area (TPSA) is 49.4 Å². The number of benzene rings is 2. The van der Waals surface area contributed by atoms with Gasteiger partial charge in [0.2, 0.25) is 5.91 Å². The molecule has 1 N–H and O–H groups in total. The number of nitrogens with one attached hydrogen (secondary N) is 1. The van der Waals surface area contributed by atoms with E-state index < -0.39 is 0 Å². The van der Waals surface area contributed by atoms with Crippen molar-refractivity contribution in [2.24, 2.45) is 5.92 Å². The molecule has 4 nitrogen and oxygen atoms in total. The van der Waals surface area contributed by atoms with E-state index in [-0.39, 0.29) is 17.7 Å². The first-order valence-corrected chi connectivity index (χ1v) is 9.85. The van der Waals surface area contributed by atoms with Crippen molar-refractivity contribution < 1.29 is 9.59 Å². The number of amides is 2. The zero-order chi connectivity index (χ0) is 19.2. The standard InChI is InChI=1S/C21H22Cl2N2O2/c22-18-8-6-16(7-9-18)21(27)25-12-2-4-17(14-25)20(26)24-11-10-15-3-1-5-19(23)13-15/h1,3,5-9,13,17H,2,4,10-12,14H2,(H,24,26). The predicted octanol–water partition coefficient (Wildman–Crippen LogP) is 4.20. The van der Waals surface area contributed by atoms with Crippen LogP contribution < -0.4 is 5.32 Å². The molecule has 0 aromatic heterocycles. The second-order valence-electron chi connectivity index (χ2n) is 6.77. The maximum absolute atomic E-state index is 12.6. The van der Waals surface area contributed by atoms with Gasteiger partial charge in [0.1, 0.15) is 0 Å². The van der Waals surface area contributed by atoms with Crippen LogP contribution in [-0.2, 0) is 11.2 Å². The van der Waals surface area contributed by atoms with Crippen LogP contribution in [-0.4, -0.2) is 36.3 Å². The Hall–Kier alpha value is -2.04. The lowest BCUT2D eigenvalue weighted by molar-refractivity contribution is -0.126. The van der Waals surface area contributed by atoms with Crippen molar-refractivity contribution in [3.05, 3.63) is 69.7 Å². The number of carbonyl (C=O) groups is 2. The fraction of sp³-hybridized carbons (Fsp3) is 0.333. The summed E-state index contributed by atoms with van der Waals surface area (Å²) < 4.78 is 0. The van der Waals surface area contributed by atoms with E-state index in [1.54, 1.807) is 29.2 Å². The van der Waals surface area contributed by atoms with Gasteiger partial charge in [0, 0.05) is 35.2 Å². The molecule has 1 atom stereocenters. The molecule has 2 aromatic rings. The average Bonchev–Trinajstić information content (AvgIpc) is 2.68. The number of rotatable bonds is 5. The summed E-state index contributed by atoms with van der Waals surface area (Å²) in [5.41, 5.74) is 1.69. The lowest BCUT2D eigenvalue weighted by Gasteiger charge is -2.32. The third-order valence-electron chi connectivity index (χ3n) is 4.77. The summed E-state index contributed by atoms with van der Waals surface area (Å²) in [6.45, 7) is 1.68. The minimum absolute atomic E-state index is 0.00522. The van der Waals surface area contributed by atoms with Gasteiger partial charge in [-0.25, -0.2) is 0 Å². The van der Waals surface area contributed by atoms with Crippen LogP contribution in [0.1, 0.15) is 28.8 Å². The lowest BCUT2D eigenvalue weighted by Crippen LogP contribution is -2.45. The van der Waals surface area contributed by atoms with Gasteiger partial charge in [-0.3, -0.25) is 9.59 Å². The Morgan fingerprint density at radius 1 is 1.07 bits per heavy atom. The molecule has 142 valence electrons. The molecule has 1 aliphatic heterocycles. The van der Waals surface area contributed by atoms with E-state index in [1.165, 1.54) is 0 Å². The fourth-order valence-corrected chi connectivity index (χ4v) is 3.66. The number of hydrogen-bond donors (Lipinski definition) is 1. The Kier molecular flexibility index (Phi) is 6.75. The Labute approximate surface area is 169 Å². The summed E-state index contributed by atoms with van der Waals surface area (Å²) in [5, 5.41) is 4.29. The highest BCUT2D eigenvalue weighted by atomic mass is 35.5. The van der Waals surface area contributed by atoms with Gasteiger partial charge in [-0.15, -0.1) is 0 Å². The van der Waals surface area contributed by atoms with Crippen LogP contribution >= 0.6 is 23.2 Å². The first-order chi connectivity index (χ1) is 13.0. The van der Waals surface area contributed by atoms with E-state index in [1.807, 2.05) is 24.3 Å². The van der Waals surface area contributed by atoms with Gasteiger partial charge in [-0.05, 0) is 61.2 Å². The monoisotopic (exact) mass is 404 g/mol. The second-order valence-corrected chi connectivity index (χ2v) is 7.64. The Balaban J connectivity index is 1.51. The first kappa shape index (κ1) is 19.7. The molecule has 1 saturated heterocycles. The van der Waals surface area contributed by atoms with Crippen LogP contribution in [0.15, 0.2) is 48.5 Å². The molecule has 6 heteroatoms.